The molecule has 1 aromatic rings. The largest absolute Gasteiger partial charge is 0.330 e. The first kappa shape index (κ1) is 14.0. The maximum atomic E-state index is 11.7. The Morgan fingerprint density at radius 2 is 2.11 bits per heavy atom. The summed E-state index contributed by atoms with van der Waals surface area (Å²) in [5, 5.41) is 2.93. The lowest BCUT2D eigenvalue weighted by Gasteiger charge is -2.15. The summed E-state index contributed by atoms with van der Waals surface area (Å²) < 4.78 is 0. The lowest BCUT2D eigenvalue weighted by Crippen LogP contribution is -2.18. The van der Waals surface area contributed by atoms with E-state index in [2.05, 4.69) is 22.3 Å². The zero-order valence-electron chi connectivity index (χ0n) is 11.4. The molecule has 2 rings (SSSR count). The van der Waals surface area contributed by atoms with Crippen LogP contribution in [0.15, 0.2) is 24.3 Å². The summed E-state index contributed by atoms with van der Waals surface area (Å²) in [4.78, 5) is 14.1. The number of hydrogen-bond acceptors (Lipinski definition) is 3. The van der Waals surface area contributed by atoms with Crippen LogP contribution in [0.2, 0.25) is 0 Å². The fourth-order valence-corrected chi connectivity index (χ4v) is 2.43. The molecule has 19 heavy (non-hydrogen) atoms. The van der Waals surface area contributed by atoms with E-state index in [-0.39, 0.29) is 5.91 Å². The van der Waals surface area contributed by atoms with Gasteiger partial charge < -0.3 is 11.1 Å². The Balaban J connectivity index is 1.88. The maximum absolute atomic E-state index is 11.7. The molecule has 1 aliphatic heterocycles. The molecule has 4 heteroatoms. The zero-order valence-corrected chi connectivity index (χ0v) is 11.4. The van der Waals surface area contributed by atoms with Crippen molar-refractivity contribution in [2.24, 2.45) is 5.73 Å². The number of nitrogens with two attached hydrogens (primary N) is 1. The van der Waals surface area contributed by atoms with E-state index in [1.54, 1.807) is 0 Å². The summed E-state index contributed by atoms with van der Waals surface area (Å²) in [5.41, 5.74) is 7.55. The number of rotatable bonds is 6. The standard InChI is InChI=1S/C15H23N3O/c16-8-4-7-15(19)17-14-6-3-5-13(11-14)12-18-9-1-2-10-18/h3,5-6,11H,1-2,4,7-10,12,16H2,(H,17,19). The van der Waals surface area contributed by atoms with Crippen molar-refractivity contribution < 1.29 is 4.79 Å². The molecule has 0 radical (unpaired) electrons. The van der Waals surface area contributed by atoms with Gasteiger partial charge in [0.05, 0.1) is 0 Å². The molecule has 0 aromatic heterocycles. The number of nitrogens with one attached hydrogen (secondary N) is 1. The molecule has 0 bridgehead atoms. The predicted octanol–water partition coefficient (Wildman–Crippen LogP) is 1.96. The average molecular weight is 261 g/mol. The van der Waals surface area contributed by atoms with Gasteiger partial charge in [0.25, 0.3) is 0 Å². The van der Waals surface area contributed by atoms with E-state index in [0.717, 1.165) is 18.7 Å². The monoisotopic (exact) mass is 261 g/mol. The molecule has 104 valence electrons. The third-order valence-electron chi connectivity index (χ3n) is 3.42. The Hall–Kier alpha value is -1.39. The molecular weight excluding hydrogens is 238 g/mol. The molecule has 0 aliphatic carbocycles. The number of likely N-dealkylation sites (tertiary alicyclic amines) is 1. The summed E-state index contributed by atoms with van der Waals surface area (Å²) in [6.45, 7) is 3.91. The fourth-order valence-electron chi connectivity index (χ4n) is 2.43. The third-order valence-corrected chi connectivity index (χ3v) is 3.42. The summed E-state index contributed by atoms with van der Waals surface area (Å²) in [7, 11) is 0. The molecule has 1 aliphatic rings. The molecular formula is C15H23N3O. The van der Waals surface area contributed by atoms with Crippen LogP contribution in [0.5, 0.6) is 0 Å². The highest BCUT2D eigenvalue weighted by Gasteiger charge is 2.11. The van der Waals surface area contributed by atoms with Crippen molar-refractivity contribution in [1.82, 2.24) is 4.90 Å². The molecule has 1 fully saturated rings. The van der Waals surface area contributed by atoms with Gasteiger partial charge in [-0.2, -0.15) is 0 Å². The van der Waals surface area contributed by atoms with Gasteiger partial charge in [-0.15, -0.1) is 0 Å². The zero-order chi connectivity index (χ0) is 13.5. The van der Waals surface area contributed by atoms with Crippen LogP contribution in [-0.2, 0) is 11.3 Å². The Bertz CT molecular complexity index is 414. The van der Waals surface area contributed by atoms with Gasteiger partial charge in [-0.3, -0.25) is 9.69 Å². The van der Waals surface area contributed by atoms with E-state index >= 15 is 0 Å². The van der Waals surface area contributed by atoms with Crippen molar-refractivity contribution in [3.8, 4) is 0 Å². The molecule has 4 nitrogen and oxygen atoms in total. The highest BCUT2D eigenvalue weighted by molar-refractivity contribution is 5.90. The average Bonchev–Trinajstić information content (AvgIpc) is 2.89. The van der Waals surface area contributed by atoms with Crippen LogP contribution in [-0.4, -0.2) is 30.4 Å². The number of hydrogen-bond donors (Lipinski definition) is 2. The lowest BCUT2D eigenvalue weighted by molar-refractivity contribution is -0.116. The number of benzene rings is 1. The highest BCUT2D eigenvalue weighted by atomic mass is 16.1. The molecule has 0 unspecified atom stereocenters. The Morgan fingerprint density at radius 3 is 2.84 bits per heavy atom. The van der Waals surface area contributed by atoms with E-state index in [1.165, 1.54) is 31.5 Å². The van der Waals surface area contributed by atoms with Crippen LogP contribution in [0.1, 0.15) is 31.2 Å². The van der Waals surface area contributed by atoms with Crippen LogP contribution in [0, 0.1) is 0 Å². The van der Waals surface area contributed by atoms with Gasteiger partial charge in [-0.05, 0) is 56.6 Å². The number of carbonyl (C=O) groups is 1. The quantitative estimate of drug-likeness (QED) is 0.823. The minimum Gasteiger partial charge on any atom is -0.330 e. The molecule has 0 spiro atoms. The van der Waals surface area contributed by atoms with Gasteiger partial charge in [0.15, 0.2) is 0 Å². The molecule has 0 atom stereocenters. The number of amides is 1. The van der Waals surface area contributed by atoms with Crippen molar-refractivity contribution in [3.63, 3.8) is 0 Å². The molecule has 1 saturated heterocycles. The van der Waals surface area contributed by atoms with Crippen LogP contribution in [0.4, 0.5) is 5.69 Å². The second kappa shape index (κ2) is 7.26. The smallest absolute Gasteiger partial charge is 0.224 e. The fraction of sp³-hybridized carbons (Fsp3) is 0.533. The third kappa shape index (κ3) is 4.65. The number of anilines is 1. The van der Waals surface area contributed by atoms with E-state index in [4.69, 9.17) is 5.73 Å². The van der Waals surface area contributed by atoms with Crippen molar-refractivity contribution in [3.05, 3.63) is 29.8 Å². The van der Waals surface area contributed by atoms with Gasteiger partial charge in [-0.25, -0.2) is 0 Å². The van der Waals surface area contributed by atoms with Crippen LogP contribution >= 0.6 is 0 Å². The van der Waals surface area contributed by atoms with Gasteiger partial charge >= 0.3 is 0 Å². The summed E-state index contributed by atoms with van der Waals surface area (Å²) >= 11 is 0. The van der Waals surface area contributed by atoms with E-state index in [9.17, 15) is 4.79 Å². The first-order valence-electron chi connectivity index (χ1n) is 7.09. The Kier molecular flexibility index (Phi) is 5.36. The minimum atomic E-state index is 0.0452. The Labute approximate surface area is 115 Å². The van der Waals surface area contributed by atoms with E-state index < -0.39 is 0 Å². The molecule has 3 N–H and O–H groups in total. The van der Waals surface area contributed by atoms with Crippen LogP contribution in [0.25, 0.3) is 0 Å². The second-order valence-electron chi connectivity index (χ2n) is 5.12. The number of nitrogens with zero attached hydrogens (tertiary/aromatic N) is 1. The van der Waals surface area contributed by atoms with Crippen molar-refractivity contribution in [2.75, 3.05) is 25.0 Å². The van der Waals surface area contributed by atoms with Gasteiger partial charge in [0, 0.05) is 18.7 Å². The van der Waals surface area contributed by atoms with Crippen molar-refractivity contribution in [2.45, 2.75) is 32.2 Å². The number of carbonyl (C=O) groups excluding carboxylic acids is 1. The normalized spacial score (nSPS) is 15.6. The highest BCUT2D eigenvalue weighted by Crippen LogP contribution is 2.16. The SMILES string of the molecule is NCCCC(=O)Nc1cccc(CN2CCCC2)c1. The lowest BCUT2D eigenvalue weighted by atomic mass is 10.2. The first-order valence-corrected chi connectivity index (χ1v) is 7.09. The van der Waals surface area contributed by atoms with Gasteiger partial charge in [-0.1, -0.05) is 12.1 Å². The van der Waals surface area contributed by atoms with Crippen molar-refractivity contribution >= 4 is 11.6 Å². The molecule has 1 amide bonds. The molecule has 1 heterocycles. The summed E-state index contributed by atoms with van der Waals surface area (Å²) in [6, 6.07) is 8.13. The minimum absolute atomic E-state index is 0.0452. The van der Waals surface area contributed by atoms with Gasteiger partial charge in [0.2, 0.25) is 5.91 Å². The predicted molar refractivity (Wildman–Crippen MR) is 77.9 cm³/mol. The topological polar surface area (TPSA) is 58.4 Å². The second-order valence-corrected chi connectivity index (χ2v) is 5.12. The van der Waals surface area contributed by atoms with Crippen molar-refractivity contribution in [1.29, 1.82) is 0 Å². The van der Waals surface area contributed by atoms with E-state index in [1.807, 2.05) is 12.1 Å². The van der Waals surface area contributed by atoms with Crippen LogP contribution < -0.4 is 11.1 Å². The summed E-state index contributed by atoms with van der Waals surface area (Å²) in [5.74, 6) is 0.0452. The Morgan fingerprint density at radius 1 is 1.32 bits per heavy atom. The molecule has 0 saturated carbocycles. The molecule has 1 aromatic carbocycles. The first-order chi connectivity index (χ1) is 9.28. The van der Waals surface area contributed by atoms with Gasteiger partial charge in [0.1, 0.15) is 0 Å². The van der Waals surface area contributed by atoms with Crippen LogP contribution in [0.3, 0.4) is 0 Å². The maximum Gasteiger partial charge on any atom is 0.224 e. The summed E-state index contributed by atoms with van der Waals surface area (Å²) in [6.07, 6.45) is 3.83. The van der Waals surface area contributed by atoms with E-state index in [0.29, 0.717) is 13.0 Å².